The summed E-state index contributed by atoms with van der Waals surface area (Å²) in [6.07, 6.45) is 1.62. The Balaban J connectivity index is 1.63. The van der Waals surface area contributed by atoms with Crippen molar-refractivity contribution in [3.8, 4) is 5.75 Å². The molecule has 1 heterocycles. The van der Waals surface area contributed by atoms with Gasteiger partial charge in [-0.1, -0.05) is 6.07 Å². The van der Waals surface area contributed by atoms with Crippen LogP contribution in [0.1, 0.15) is 17.3 Å². The summed E-state index contributed by atoms with van der Waals surface area (Å²) in [5, 5.41) is 8.69. The molecule has 3 N–H and O–H groups in total. The lowest BCUT2D eigenvalue weighted by molar-refractivity contribution is -0.114. The summed E-state index contributed by atoms with van der Waals surface area (Å²) < 4.78 is 5.08. The zero-order chi connectivity index (χ0) is 19.9. The van der Waals surface area contributed by atoms with E-state index in [9.17, 15) is 9.59 Å². The summed E-state index contributed by atoms with van der Waals surface area (Å²) in [5.41, 5.74) is 2.78. The maximum atomic E-state index is 12.3. The van der Waals surface area contributed by atoms with Crippen LogP contribution in [0.5, 0.6) is 5.75 Å². The minimum absolute atomic E-state index is 0.129. The second-order valence-corrected chi connectivity index (χ2v) is 6.00. The van der Waals surface area contributed by atoms with E-state index in [2.05, 4.69) is 20.9 Å². The molecule has 0 saturated carbocycles. The van der Waals surface area contributed by atoms with E-state index in [1.54, 1.807) is 43.6 Å². The average molecular weight is 376 g/mol. The first-order valence-electron chi connectivity index (χ1n) is 8.59. The number of benzene rings is 2. The van der Waals surface area contributed by atoms with Crippen molar-refractivity contribution in [2.24, 2.45) is 0 Å². The Morgan fingerprint density at radius 3 is 2.29 bits per heavy atom. The van der Waals surface area contributed by atoms with Crippen LogP contribution in [0.15, 0.2) is 66.9 Å². The number of anilines is 4. The van der Waals surface area contributed by atoms with Gasteiger partial charge in [0.1, 0.15) is 11.6 Å². The molecule has 0 bridgehead atoms. The normalized spacial score (nSPS) is 10.1. The third kappa shape index (κ3) is 5.07. The van der Waals surface area contributed by atoms with Gasteiger partial charge >= 0.3 is 0 Å². The van der Waals surface area contributed by atoms with Crippen molar-refractivity contribution < 1.29 is 14.3 Å². The van der Waals surface area contributed by atoms with Crippen LogP contribution in [-0.4, -0.2) is 23.9 Å². The van der Waals surface area contributed by atoms with E-state index in [0.29, 0.717) is 22.8 Å². The Labute approximate surface area is 162 Å². The van der Waals surface area contributed by atoms with Crippen LogP contribution in [-0.2, 0) is 4.79 Å². The molecular weight excluding hydrogens is 356 g/mol. The molecule has 0 saturated heterocycles. The Morgan fingerprint density at radius 2 is 1.64 bits per heavy atom. The van der Waals surface area contributed by atoms with E-state index >= 15 is 0 Å². The fourth-order valence-corrected chi connectivity index (χ4v) is 2.52. The number of hydrogen-bond donors (Lipinski definition) is 3. The summed E-state index contributed by atoms with van der Waals surface area (Å²) in [6, 6.07) is 17.7. The monoisotopic (exact) mass is 376 g/mol. The van der Waals surface area contributed by atoms with Crippen molar-refractivity contribution in [3.63, 3.8) is 0 Å². The van der Waals surface area contributed by atoms with Crippen molar-refractivity contribution in [2.75, 3.05) is 23.1 Å². The van der Waals surface area contributed by atoms with Crippen molar-refractivity contribution in [1.29, 1.82) is 0 Å². The second-order valence-electron chi connectivity index (χ2n) is 6.00. The highest BCUT2D eigenvalue weighted by Crippen LogP contribution is 2.21. The Bertz CT molecular complexity index is 970. The number of hydrogen-bond acceptors (Lipinski definition) is 5. The molecule has 7 heteroatoms. The van der Waals surface area contributed by atoms with E-state index < -0.39 is 0 Å². The third-order valence-electron chi connectivity index (χ3n) is 3.83. The summed E-state index contributed by atoms with van der Waals surface area (Å²) in [6.45, 7) is 1.46. The number of nitrogens with zero attached hydrogens (tertiary/aromatic N) is 1. The highest BCUT2D eigenvalue weighted by molar-refractivity contribution is 6.03. The van der Waals surface area contributed by atoms with E-state index in [1.165, 1.54) is 6.92 Å². The molecular formula is C21H20N4O3. The van der Waals surface area contributed by atoms with Gasteiger partial charge in [-0.15, -0.1) is 0 Å². The zero-order valence-corrected chi connectivity index (χ0v) is 15.5. The van der Waals surface area contributed by atoms with Gasteiger partial charge in [0.2, 0.25) is 5.91 Å². The lowest BCUT2D eigenvalue weighted by Crippen LogP contribution is -2.12. The number of methoxy groups -OCH3 is 1. The van der Waals surface area contributed by atoms with Gasteiger partial charge in [-0.2, -0.15) is 0 Å². The fraction of sp³-hybridized carbons (Fsp3) is 0.0952. The average Bonchev–Trinajstić information content (AvgIpc) is 2.69. The first kappa shape index (κ1) is 18.9. The predicted molar refractivity (Wildman–Crippen MR) is 109 cm³/mol. The Hall–Kier alpha value is -3.87. The number of nitrogens with one attached hydrogen (secondary N) is 3. The Morgan fingerprint density at radius 1 is 0.893 bits per heavy atom. The van der Waals surface area contributed by atoms with E-state index in [4.69, 9.17) is 4.74 Å². The number of amides is 2. The minimum atomic E-state index is -0.251. The molecule has 0 aliphatic heterocycles. The van der Waals surface area contributed by atoms with E-state index in [-0.39, 0.29) is 11.8 Å². The summed E-state index contributed by atoms with van der Waals surface area (Å²) in [4.78, 5) is 27.7. The van der Waals surface area contributed by atoms with Crippen molar-refractivity contribution in [1.82, 2.24) is 4.98 Å². The van der Waals surface area contributed by atoms with Crippen molar-refractivity contribution in [3.05, 3.63) is 72.4 Å². The zero-order valence-electron chi connectivity index (χ0n) is 15.5. The molecule has 1 aromatic heterocycles. The van der Waals surface area contributed by atoms with Crippen molar-refractivity contribution in [2.45, 2.75) is 6.92 Å². The van der Waals surface area contributed by atoms with Crippen LogP contribution in [0.3, 0.4) is 0 Å². The summed E-state index contributed by atoms with van der Waals surface area (Å²) in [7, 11) is 1.57. The van der Waals surface area contributed by atoms with Crippen LogP contribution in [0.4, 0.5) is 22.9 Å². The predicted octanol–water partition coefficient (Wildman–Crippen LogP) is 4.04. The number of pyridine rings is 1. The maximum Gasteiger partial charge on any atom is 0.256 e. The minimum Gasteiger partial charge on any atom is -0.497 e. The summed E-state index contributed by atoms with van der Waals surface area (Å²) >= 11 is 0. The molecule has 0 fully saturated rings. The third-order valence-corrected chi connectivity index (χ3v) is 3.83. The van der Waals surface area contributed by atoms with Gasteiger partial charge in [-0.3, -0.25) is 9.59 Å². The molecule has 142 valence electrons. The molecule has 3 rings (SSSR count). The molecule has 7 nitrogen and oxygen atoms in total. The highest BCUT2D eigenvalue weighted by atomic mass is 16.5. The van der Waals surface area contributed by atoms with Gasteiger partial charge in [0.05, 0.1) is 19.0 Å². The van der Waals surface area contributed by atoms with Gasteiger partial charge in [-0.05, 0) is 54.6 Å². The lowest BCUT2D eigenvalue weighted by atomic mass is 10.2. The topological polar surface area (TPSA) is 92.4 Å². The van der Waals surface area contributed by atoms with E-state index in [0.717, 1.165) is 11.4 Å². The highest BCUT2D eigenvalue weighted by Gasteiger charge is 2.07. The van der Waals surface area contributed by atoms with Gasteiger partial charge in [0.15, 0.2) is 0 Å². The number of rotatable bonds is 6. The van der Waals surface area contributed by atoms with Crippen molar-refractivity contribution >= 4 is 34.7 Å². The fourth-order valence-electron chi connectivity index (χ4n) is 2.52. The number of carbonyl (C=O) groups excluding carboxylic acids is 2. The smallest absolute Gasteiger partial charge is 0.256 e. The van der Waals surface area contributed by atoms with Gasteiger partial charge in [0, 0.05) is 23.9 Å². The number of carbonyl (C=O) groups is 2. The first-order chi connectivity index (χ1) is 13.5. The molecule has 0 unspecified atom stereocenters. The second kappa shape index (κ2) is 8.68. The Kier molecular flexibility index (Phi) is 5.86. The maximum absolute atomic E-state index is 12.3. The first-order valence-corrected chi connectivity index (χ1v) is 8.59. The molecule has 0 atom stereocenters. The SMILES string of the molecule is COc1ccc(C(=O)Nc2ccc(Nc3cccc(NC(C)=O)c3)cn2)cc1. The molecule has 28 heavy (non-hydrogen) atoms. The molecule has 2 amide bonds. The van der Waals surface area contributed by atoms with Crippen LogP contribution >= 0.6 is 0 Å². The molecule has 0 radical (unpaired) electrons. The number of ether oxygens (including phenoxy) is 1. The standard InChI is InChI=1S/C21H20N4O3/c1-14(26)23-16-4-3-5-17(12-16)24-18-8-11-20(22-13-18)25-21(27)15-6-9-19(28-2)10-7-15/h3-13,24H,1-2H3,(H,23,26)(H,22,25,27). The van der Waals surface area contributed by atoms with Gasteiger partial charge in [0.25, 0.3) is 5.91 Å². The lowest BCUT2D eigenvalue weighted by Gasteiger charge is -2.10. The van der Waals surface area contributed by atoms with Gasteiger partial charge < -0.3 is 20.7 Å². The molecule has 2 aromatic carbocycles. The van der Waals surface area contributed by atoms with Crippen LogP contribution in [0.25, 0.3) is 0 Å². The molecule has 0 spiro atoms. The number of aromatic nitrogens is 1. The molecule has 0 aliphatic carbocycles. The largest absolute Gasteiger partial charge is 0.497 e. The quantitative estimate of drug-likeness (QED) is 0.604. The molecule has 0 aliphatic rings. The molecule has 3 aromatic rings. The summed E-state index contributed by atoms with van der Waals surface area (Å²) in [5.74, 6) is 0.751. The van der Waals surface area contributed by atoms with Crippen LogP contribution < -0.4 is 20.7 Å². The van der Waals surface area contributed by atoms with Crippen LogP contribution in [0.2, 0.25) is 0 Å². The van der Waals surface area contributed by atoms with Crippen LogP contribution in [0, 0.1) is 0 Å². The van der Waals surface area contributed by atoms with Gasteiger partial charge in [-0.25, -0.2) is 4.98 Å². The van der Waals surface area contributed by atoms with E-state index in [1.807, 2.05) is 30.3 Å².